The third-order valence-electron chi connectivity index (χ3n) is 2.01. The van der Waals surface area contributed by atoms with E-state index >= 15 is 0 Å². The summed E-state index contributed by atoms with van der Waals surface area (Å²) >= 11 is 0. The second-order valence-corrected chi connectivity index (χ2v) is 2.76. The molecule has 10 heavy (non-hydrogen) atoms. The zero-order valence-corrected chi connectivity index (χ0v) is 7.10. The minimum absolute atomic E-state index is 0. The van der Waals surface area contributed by atoms with E-state index in [-0.39, 0.29) is 18.9 Å². The molecule has 0 N–H and O–H groups in total. The molecule has 1 rings (SSSR count). The van der Waals surface area contributed by atoms with Crippen molar-refractivity contribution in [1.82, 2.24) is 4.90 Å². The predicted octanol–water partition coefficient (Wildman–Crippen LogP) is -1.30. The summed E-state index contributed by atoms with van der Waals surface area (Å²) in [6, 6.07) is 0. The summed E-state index contributed by atoms with van der Waals surface area (Å²) in [5, 5.41) is 0. The third-order valence-corrected chi connectivity index (χ3v) is 2.01. The molecule has 0 spiro atoms. The first kappa shape index (κ1) is 10.6. The third kappa shape index (κ3) is 3.66. The second-order valence-electron chi connectivity index (χ2n) is 2.76. The van der Waals surface area contributed by atoms with E-state index in [0.29, 0.717) is 0 Å². The van der Waals surface area contributed by atoms with Crippen LogP contribution in [0.3, 0.4) is 0 Å². The molecule has 0 aromatic rings. The predicted molar refractivity (Wildman–Crippen MR) is 40.3 cm³/mol. The smallest absolute Gasteiger partial charge is 0.333 e. The van der Waals surface area contributed by atoms with E-state index < -0.39 is 0 Å². The van der Waals surface area contributed by atoms with Crippen molar-refractivity contribution in [3.8, 4) is 0 Å². The Morgan fingerprint density at radius 2 is 1.50 bits per heavy atom. The maximum absolute atomic E-state index is 3.88. The minimum atomic E-state index is 0. The van der Waals surface area contributed by atoms with Crippen LogP contribution in [0.25, 0.3) is 0 Å². The normalized spacial score (nSPS) is 21.3. The Hall–Kier alpha value is 0.557. The first-order valence-electron chi connectivity index (χ1n) is 3.95. The van der Waals surface area contributed by atoms with E-state index in [1.807, 2.05) is 0 Å². The summed E-state index contributed by atoms with van der Waals surface area (Å²) < 4.78 is 0. The fraction of sp³-hybridized carbons (Fsp3) is 0.875. The summed E-state index contributed by atoms with van der Waals surface area (Å²) in [6.45, 7) is 7.44. The van der Waals surface area contributed by atoms with Crippen LogP contribution in [0.5, 0.6) is 0 Å². The van der Waals surface area contributed by atoms with Crippen LogP contribution in [0.4, 0.5) is 0 Å². The second kappa shape index (κ2) is 6.28. The maximum Gasteiger partial charge on any atom is 1.00 e. The summed E-state index contributed by atoms with van der Waals surface area (Å²) in [6.07, 6.45) is 5.62. The van der Waals surface area contributed by atoms with Gasteiger partial charge in [-0.05, 0) is 25.9 Å². The van der Waals surface area contributed by atoms with E-state index in [0.717, 1.165) is 6.54 Å². The molecule has 0 aromatic heterocycles. The van der Waals surface area contributed by atoms with Gasteiger partial charge in [-0.25, -0.2) is 0 Å². The topological polar surface area (TPSA) is 3.24 Å². The van der Waals surface area contributed by atoms with Crippen LogP contribution in [0.15, 0.2) is 0 Å². The molecule has 1 heterocycles. The number of likely N-dealkylation sites (tertiary alicyclic amines) is 1. The van der Waals surface area contributed by atoms with Crippen molar-refractivity contribution in [1.29, 1.82) is 0 Å². The Morgan fingerprint density at radius 3 is 1.90 bits per heavy atom. The van der Waals surface area contributed by atoms with Crippen molar-refractivity contribution in [2.45, 2.75) is 25.7 Å². The van der Waals surface area contributed by atoms with Gasteiger partial charge in [-0.1, -0.05) is 12.8 Å². The van der Waals surface area contributed by atoms with Crippen LogP contribution in [-0.2, 0) is 0 Å². The van der Waals surface area contributed by atoms with Crippen molar-refractivity contribution < 1.29 is 18.9 Å². The molecule has 1 aliphatic heterocycles. The largest absolute Gasteiger partial charge is 1.00 e. The summed E-state index contributed by atoms with van der Waals surface area (Å²) in [5.74, 6) is 0. The number of hydrogen-bond donors (Lipinski definition) is 0. The molecule has 2 heteroatoms. The monoisotopic (exact) mass is 133 g/mol. The van der Waals surface area contributed by atoms with Crippen molar-refractivity contribution in [3.63, 3.8) is 0 Å². The van der Waals surface area contributed by atoms with Crippen LogP contribution >= 0.6 is 0 Å². The quantitative estimate of drug-likeness (QED) is 0.317. The van der Waals surface area contributed by atoms with Gasteiger partial charge in [-0.15, -0.1) is 6.54 Å². The van der Waals surface area contributed by atoms with Gasteiger partial charge in [-0.2, -0.15) is 0 Å². The molecule has 0 aliphatic carbocycles. The standard InChI is InChI=1S/C8H16N.Li/c1-2-9-7-5-3-4-6-8-9;/h1-8H2;/q-1;+1. The molecule has 0 atom stereocenters. The molecule has 1 nitrogen and oxygen atoms in total. The van der Waals surface area contributed by atoms with Gasteiger partial charge in [0.2, 0.25) is 0 Å². The molecule has 0 aromatic carbocycles. The fourth-order valence-corrected chi connectivity index (χ4v) is 1.36. The zero-order chi connectivity index (χ0) is 6.53. The SMILES string of the molecule is [CH2-]CN1CCCCCC1.[Li+]. The van der Waals surface area contributed by atoms with Gasteiger partial charge in [-0.3, -0.25) is 0 Å². The molecule has 0 saturated carbocycles. The van der Waals surface area contributed by atoms with Crippen LogP contribution in [0.2, 0.25) is 0 Å². The van der Waals surface area contributed by atoms with Gasteiger partial charge in [0.1, 0.15) is 0 Å². The van der Waals surface area contributed by atoms with E-state index in [1.165, 1.54) is 38.8 Å². The molecule has 0 unspecified atom stereocenters. The van der Waals surface area contributed by atoms with Gasteiger partial charge in [0.05, 0.1) is 0 Å². The van der Waals surface area contributed by atoms with Gasteiger partial charge in [0.15, 0.2) is 0 Å². The van der Waals surface area contributed by atoms with E-state index in [9.17, 15) is 0 Å². The van der Waals surface area contributed by atoms with E-state index in [1.54, 1.807) is 0 Å². The van der Waals surface area contributed by atoms with E-state index in [2.05, 4.69) is 11.8 Å². The Labute approximate surface area is 76.3 Å². The van der Waals surface area contributed by atoms with Crippen LogP contribution in [-0.4, -0.2) is 24.5 Å². The number of nitrogens with zero attached hydrogens (tertiary/aromatic N) is 1. The summed E-state index contributed by atoms with van der Waals surface area (Å²) in [5.41, 5.74) is 0. The van der Waals surface area contributed by atoms with Gasteiger partial charge in [0, 0.05) is 0 Å². The Kier molecular flexibility index (Phi) is 6.63. The average Bonchev–Trinajstić information content (AvgIpc) is 2.13. The van der Waals surface area contributed by atoms with Gasteiger partial charge < -0.3 is 11.8 Å². The first-order valence-corrected chi connectivity index (χ1v) is 3.95. The maximum atomic E-state index is 3.88. The Bertz CT molecular complexity index is 67.7. The van der Waals surface area contributed by atoms with Crippen molar-refractivity contribution in [2.75, 3.05) is 19.6 Å². The molecule has 0 bridgehead atoms. The van der Waals surface area contributed by atoms with E-state index in [4.69, 9.17) is 0 Å². The van der Waals surface area contributed by atoms with Crippen molar-refractivity contribution >= 4 is 0 Å². The average molecular weight is 133 g/mol. The molecule has 1 saturated heterocycles. The van der Waals surface area contributed by atoms with Crippen LogP contribution in [0, 0.1) is 6.92 Å². The molecule has 0 amide bonds. The van der Waals surface area contributed by atoms with Gasteiger partial charge >= 0.3 is 18.9 Å². The summed E-state index contributed by atoms with van der Waals surface area (Å²) in [4.78, 5) is 2.44. The minimum Gasteiger partial charge on any atom is -0.333 e. The van der Waals surface area contributed by atoms with Gasteiger partial charge in [0.25, 0.3) is 0 Å². The fourth-order valence-electron chi connectivity index (χ4n) is 1.36. The number of hydrogen-bond acceptors (Lipinski definition) is 1. The van der Waals surface area contributed by atoms with Crippen LogP contribution < -0.4 is 18.9 Å². The number of rotatable bonds is 1. The molecule has 1 aliphatic rings. The molecule has 1 fully saturated rings. The van der Waals surface area contributed by atoms with Crippen molar-refractivity contribution in [2.24, 2.45) is 0 Å². The molecular weight excluding hydrogens is 117 g/mol. The molecule has 54 valence electrons. The summed E-state index contributed by atoms with van der Waals surface area (Å²) in [7, 11) is 0. The molecule has 0 radical (unpaired) electrons. The Morgan fingerprint density at radius 1 is 1.00 bits per heavy atom. The first-order chi connectivity index (χ1) is 4.43. The van der Waals surface area contributed by atoms with Crippen LogP contribution in [0.1, 0.15) is 25.7 Å². The Balaban J connectivity index is 0.000000810. The molecular formula is C8H16LiN. The van der Waals surface area contributed by atoms with Crippen molar-refractivity contribution in [3.05, 3.63) is 6.92 Å². The zero-order valence-electron chi connectivity index (χ0n) is 7.10.